The van der Waals surface area contributed by atoms with Crippen LogP contribution in [0.15, 0.2) is 76.7 Å². The molecule has 4 aromatic rings. The highest BCUT2D eigenvalue weighted by Gasteiger charge is 2.22. The van der Waals surface area contributed by atoms with Crippen LogP contribution in [0.4, 0.5) is 5.82 Å². The van der Waals surface area contributed by atoms with Crippen LogP contribution < -0.4 is 27.2 Å². The number of unbranched alkanes of at least 4 members (excludes halogenated alkanes) is 1. The van der Waals surface area contributed by atoms with E-state index in [-0.39, 0.29) is 16.7 Å². The Morgan fingerprint density at radius 1 is 1.10 bits per heavy atom. The van der Waals surface area contributed by atoms with E-state index >= 15 is 0 Å². The molecule has 2 aliphatic rings. The van der Waals surface area contributed by atoms with Crippen molar-refractivity contribution in [2.45, 2.75) is 74.9 Å². The number of benzene rings is 2. The van der Waals surface area contributed by atoms with Gasteiger partial charge in [-0.15, -0.1) is 0 Å². The van der Waals surface area contributed by atoms with Gasteiger partial charge in [-0.1, -0.05) is 38.2 Å². The Kier molecular flexibility index (Phi) is 11.9. The quantitative estimate of drug-likeness (QED) is 0.0882. The molecule has 3 heterocycles. The first kappa shape index (κ1) is 35.8. The van der Waals surface area contributed by atoms with E-state index in [4.69, 9.17) is 20.8 Å². The maximum Gasteiger partial charge on any atom is 0.330 e. The van der Waals surface area contributed by atoms with E-state index in [0.717, 1.165) is 35.7 Å². The summed E-state index contributed by atoms with van der Waals surface area (Å²) in [5, 5.41) is 13.3. The van der Waals surface area contributed by atoms with Crippen molar-refractivity contribution in [3.8, 4) is 11.4 Å². The van der Waals surface area contributed by atoms with E-state index in [1.54, 1.807) is 53.2 Å². The zero-order chi connectivity index (χ0) is 35.0. The van der Waals surface area contributed by atoms with Gasteiger partial charge < -0.3 is 31.6 Å². The Bertz CT molecular complexity index is 1870. The lowest BCUT2D eigenvalue weighted by atomic mass is 9.82. The van der Waals surface area contributed by atoms with Gasteiger partial charge >= 0.3 is 5.69 Å². The molecule has 262 valence electrons. The number of nitrogen functional groups attached to an aromatic ring is 1. The average molecular weight is 693 g/mol. The number of hydrogen-bond acceptors (Lipinski definition) is 9. The standard InChI is InChI=1S/C18H23N3O2.C17H21N3O5S/c19-17(22)14-8-10-16(11-9-14)21-12-15(20-18(21)23)7-2-1-4-13-5-3-6-13;18-17-6-2-12(8-20-17)15(21)10-19-9-13-3-1-11-7-14(26(22,23)24)4-5-16(11)25-13/h8-13H,1-7H2,(H2,19,22)(H,20,23);2,4-8,13,15,19,21H,1,3,9-10H2,(H2,18,20)(H,22,23,24). The molecule has 1 fully saturated rings. The Labute approximate surface area is 285 Å². The second-order valence-electron chi connectivity index (χ2n) is 12.6. The van der Waals surface area contributed by atoms with Gasteiger partial charge in [0, 0.05) is 42.3 Å². The second kappa shape index (κ2) is 16.3. The Balaban J connectivity index is 0.000000192. The maximum atomic E-state index is 12.1. The molecule has 0 spiro atoms. The molecule has 2 unspecified atom stereocenters. The number of rotatable bonds is 13. The molecule has 8 N–H and O–H groups in total. The minimum atomic E-state index is -4.21. The SMILES string of the molecule is NC(=O)c1ccc(-n2cc(CCCCC3CCC3)[nH]c2=O)cc1.Nc1ccc(C(O)CNCC2CCc3cc(S(=O)(=O)O)ccc3O2)cn1. The highest BCUT2D eigenvalue weighted by Crippen LogP contribution is 2.31. The number of ether oxygens (including phenoxy) is 1. The predicted molar refractivity (Wildman–Crippen MR) is 185 cm³/mol. The van der Waals surface area contributed by atoms with Crippen molar-refractivity contribution in [3.63, 3.8) is 0 Å². The zero-order valence-corrected chi connectivity index (χ0v) is 28.1. The minimum Gasteiger partial charge on any atom is -0.489 e. The number of fused-ring (bicyclic) bond motifs is 1. The fourth-order valence-corrected chi connectivity index (χ4v) is 6.45. The number of anilines is 1. The number of carbonyl (C=O) groups is 1. The summed E-state index contributed by atoms with van der Waals surface area (Å²) in [4.78, 5) is 29.9. The van der Waals surface area contributed by atoms with Crippen LogP contribution in [0.5, 0.6) is 5.75 Å². The molecule has 0 bridgehead atoms. The molecule has 2 aromatic heterocycles. The summed E-state index contributed by atoms with van der Waals surface area (Å²) in [5.74, 6) is 1.49. The van der Waals surface area contributed by atoms with Crippen molar-refractivity contribution >= 4 is 21.8 Å². The molecular weight excluding hydrogens is 648 g/mol. The van der Waals surface area contributed by atoms with E-state index in [2.05, 4.69) is 15.3 Å². The first-order chi connectivity index (χ1) is 23.5. The van der Waals surface area contributed by atoms with Gasteiger partial charge in [0.2, 0.25) is 5.91 Å². The number of nitrogens with one attached hydrogen (secondary N) is 2. The Morgan fingerprint density at radius 3 is 2.53 bits per heavy atom. The number of H-pyrrole nitrogens is 1. The molecule has 0 saturated heterocycles. The molecule has 1 amide bonds. The molecule has 6 rings (SSSR count). The molecule has 13 nitrogen and oxygen atoms in total. The van der Waals surface area contributed by atoms with Crippen LogP contribution in [0.1, 0.15) is 78.2 Å². The number of nitrogens with two attached hydrogens (primary N) is 2. The number of imidazole rings is 1. The van der Waals surface area contributed by atoms with Crippen molar-refractivity contribution < 1.29 is 27.6 Å². The number of primary amides is 1. The third kappa shape index (κ3) is 10.0. The van der Waals surface area contributed by atoms with Gasteiger partial charge in [-0.2, -0.15) is 8.42 Å². The monoisotopic (exact) mass is 692 g/mol. The van der Waals surface area contributed by atoms with Crippen LogP contribution in [0.25, 0.3) is 5.69 Å². The number of aliphatic hydroxyl groups is 1. The van der Waals surface area contributed by atoms with Crippen LogP contribution >= 0.6 is 0 Å². The molecule has 2 atom stereocenters. The van der Waals surface area contributed by atoms with Gasteiger partial charge in [0.25, 0.3) is 10.1 Å². The number of pyridine rings is 1. The van der Waals surface area contributed by atoms with Gasteiger partial charge in [-0.25, -0.2) is 9.78 Å². The van der Waals surface area contributed by atoms with E-state index in [0.29, 0.717) is 48.6 Å². The van der Waals surface area contributed by atoms with Crippen molar-refractivity contribution in [1.29, 1.82) is 0 Å². The summed E-state index contributed by atoms with van der Waals surface area (Å²) in [6.07, 6.45) is 12.7. The summed E-state index contributed by atoms with van der Waals surface area (Å²) in [5.41, 5.74) is 14.2. The number of nitrogens with zero attached hydrogens (tertiary/aromatic N) is 2. The summed E-state index contributed by atoms with van der Waals surface area (Å²) < 4.78 is 38.9. The van der Waals surface area contributed by atoms with Crippen LogP contribution in [0.2, 0.25) is 0 Å². The number of amides is 1. The fourth-order valence-electron chi connectivity index (χ4n) is 5.92. The van der Waals surface area contributed by atoms with E-state index in [1.807, 2.05) is 6.20 Å². The van der Waals surface area contributed by atoms with Gasteiger partial charge in [0.05, 0.1) is 16.7 Å². The molecule has 2 aromatic carbocycles. The average Bonchev–Trinajstić information content (AvgIpc) is 3.43. The number of aliphatic hydroxyl groups excluding tert-OH is 1. The molecule has 1 aliphatic heterocycles. The largest absolute Gasteiger partial charge is 0.489 e. The summed E-state index contributed by atoms with van der Waals surface area (Å²) in [6.45, 7) is 0.888. The smallest absolute Gasteiger partial charge is 0.330 e. The van der Waals surface area contributed by atoms with Crippen LogP contribution in [-0.2, 0) is 23.0 Å². The van der Waals surface area contributed by atoms with E-state index in [1.165, 1.54) is 44.2 Å². The Hall–Kier alpha value is -4.50. The molecular formula is C35H44N6O7S. The van der Waals surface area contributed by atoms with Crippen molar-refractivity contribution in [3.05, 3.63) is 99.9 Å². The van der Waals surface area contributed by atoms with Crippen molar-refractivity contribution in [2.24, 2.45) is 11.7 Å². The summed E-state index contributed by atoms with van der Waals surface area (Å²) >= 11 is 0. The molecule has 0 radical (unpaired) electrons. The van der Waals surface area contributed by atoms with Crippen molar-refractivity contribution in [2.75, 3.05) is 18.8 Å². The van der Waals surface area contributed by atoms with Gasteiger partial charge in [-0.05, 0) is 85.7 Å². The zero-order valence-electron chi connectivity index (χ0n) is 27.3. The normalized spacial score (nSPS) is 16.4. The topological polar surface area (TPSA) is 216 Å². The second-order valence-corrected chi connectivity index (χ2v) is 14.0. The summed E-state index contributed by atoms with van der Waals surface area (Å²) in [6, 6.07) is 14.4. The van der Waals surface area contributed by atoms with Crippen LogP contribution in [0, 0.1) is 5.92 Å². The first-order valence-electron chi connectivity index (χ1n) is 16.5. The molecule has 1 saturated carbocycles. The highest BCUT2D eigenvalue weighted by atomic mass is 32.2. The van der Waals surface area contributed by atoms with Crippen molar-refractivity contribution in [1.82, 2.24) is 19.9 Å². The molecule has 49 heavy (non-hydrogen) atoms. The molecule has 1 aliphatic carbocycles. The molecule has 14 heteroatoms. The third-order valence-electron chi connectivity index (χ3n) is 9.00. The number of hydrogen-bond donors (Lipinski definition) is 6. The number of aromatic amines is 1. The van der Waals surface area contributed by atoms with E-state index < -0.39 is 22.1 Å². The van der Waals surface area contributed by atoms with Crippen LogP contribution in [0.3, 0.4) is 0 Å². The first-order valence-corrected chi connectivity index (χ1v) is 18.0. The lowest BCUT2D eigenvalue weighted by Gasteiger charge is -2.27. The Morgan fingerprint density at radius 2 is 1.88 bits per heavy atom. The summed E-state index contributed by atoms with van der Waals surface area (Å²) in [7, 11) is -4.21. The highest BCUT2D eigenvalue weighted by molar-refractivity contribution is 7.85. The van der Waals surface area contributed by atoms with Gasteiger partial charge in [0.15, 0.2) is 0 Å². The predicted octanol–water partition coefficient (Wildman–Crippen LogP) is 3.70. The van der Waals surface area contributed by atoms with Gasteiger partial charge in [0.1, 0.15) is 17.7 Å². The number of aryl methyl sites for hydroxylation is 2. The third-order valence-corrected chi connectivity index (χ3v) is 9.85. The minimum absolute atomic E-state index is 0.0872. The van der Waals surface area contributed by atoms with Gasteiger partial charge in [-0.3, -0.25) is 13.9 Å². The number of aromatic nitrogens is 3. The number of carbonyl (C=O) groups excluding carboxylic acids is 1. The van der Waals surface area contributed by atoms with E-state index in [9.17, 15) is 23.1 Å². The maximum absolute atomic E-state index is 12.1. The lowest BCUT2D eigenvalue weighted by molar-refractivity contribution is 0.1000. The lowest BCUT2D eigenvalue weighted by Crippen LogP contribution is -2.36. The van der Waals surface area contributed by atoms with Crippen LogP contribution in [-0.4, -0.2) is 57.7 Å². The fraction of sp³-hybridized carbons (Fsp3) is 0.400.